The van der Waals surface area contributed by atoms with Gasteiger partial charge in [-0.15, -0.1) is 0 Å². The zero-order valence-corrected chi connectivity index (χ0v) is 8.60. The van der Waals surface area contributed by atoms with Gasteiger partial charge in [-0.25, -0.2) is 8.42 Å². The predicted octanol–water partition coefficient (Wildman–Crippen LogP) is -0.688. The first-order valence-corrected chi connectivity index (χ1v) is 5.93. The van der Waals surface area contributed by atoms with Crippen molar-refractivity contribution in [3.05, 3.63) is 0 Å². The van der Waals surface area contributed by atoms with E-state index in [4.69, 9.17) is 5.73 Å². The number of likely N-dealkylation sites (N-methyl/N-ethyl adjacent to an activating group) is 1. The molecular weight excluding hydrogens is 176 g/mol. The molecular formula is C7H18N2O2S. The Morgan fingerprint density at radius 1 is 1.33 bits per heavy atom. The topological polar surface area (TPSA) is 63.4 Å². The first-order valence-electron chi connectivity index (χ1n) is 4.11. The Bertz CT molecular complexity index is 201. The fourth-order valence-corrected chi connectivity index (χ4v) is 1.65. The molecule has 0 saturated heterocycles. The summed E-state index contributed by atoms with van der Waals surface area (Å²) in [4.78, 5) is 1.92. The van der Waals surface area contributed by atoms with Gasteiger partial charge in [0, 0.05) is 25.4 Å². The van der Waals surface area contributed by atoms with Crippen LogP contribution >= 0.6 is 0 Å². The van der Waals surface area contributed by atoms with Crippen LogP contribution in [0.5, 0.6) is 0 Å². The largest absolute Gasteiger partial charge is 0.329 e. The van der Waals surface area contributed by atoms with Crippen LogP contribution in [0, 0.1) is 0 Å². The van der Waals surface area contributed by atoms with Crippen molar-refractivity contribution < 1.29 is 8.42 Å². The molecule has 0 aromatic rings. The van der Waals surface area contributed by atoms with Crippen molar-refractivity contribution >= 4 is 9.84 Å². The van der Waals surface area contributed by atoms with Crippen LogP contribution in [-0.4, -0.2) is 51.5 Å². The number of sulfone groups is 1. The number of hydrogen-bond acceptors (Lipinski definition) is 4. The zero-order chi connectivity index (χ0) is 9.61. The summed E-state index contributed by atoms with van der Waals surface area (Å²) in [7, 11) is -0.942. The lowest BCUT2D eigenvalue weighted by molar-refractivity contribution is 0.363. The monoisotopic (exact) mass is 194 g/mol. The number of nitrogens with zero attached hydrogens (tertiary/aromatic N) is 1. The maximum atomic E-state index is 11.1. The molecule has 0 aromatic carbocycles. The molecule has 0 spiro atoms. The Balaban J connectivity index is 3.68. The van der Waals surface area contributed by atoms with Gasteiger partial charge < -0.3 is 10.6 Å². The van der Waals surface area contributed by atoms with E-state index in [0.29, 0.717) is 13.1 Å². The van der Waals surface area contributed by atoms with Crippen molar-refractivity contribution in [2.24, 2.45) is 5.73 Å². The van der Waals surface area contributed by atoms with Gasteiger partial charge in [0.2, 0.25) is 0 Å². The van der Waals surface area contributed by atoms with Gasteiger partial charge in [-0.1, -0.05) is 6.92 Å². The van der Waals surface area contributed by atoms with E-state index < -0.39 is 9.84 Å². The maximum Gasteiger partial charge on any atom is 0.151 e. The normalized spacial score (nSPS) is 12.3. The second kappa shape index (κ2) is 5.50. The minimum atomic E-state index is -2.82. The van der Waals surface area contributed by atoms with Crippen LogP contribution in [0.15, 0.2) is 0 Å². The number of nitrogens with two attached hydrogens (primary N) is 1. The summed E-state index contributed by atoms with van der Waals surface area (Å²) in [6.07, 6.45) is 0. The summed E-state index contributed by atoms with van der Waals surface area (Å²) in [5, 5.41) is 0. The first-order chi connectivity index (χ1) is 5.52. The van der Waals surface area contributed by atoms with Crippen LogP contribution in [0.1, 0.15) is 6.92 Å². The van der Waals surface area contributed by atoms with Crippen LogP contribution in [0.25, 0.3) is 0 Å². The highest BCUT2D eigenvalue weighted by Crippen LogP contribution is 1.90. The van der Waals surface area contributed by atoms with Crippen LogP contribution in [0.3, 0.4) is 0 Å². The summed E-state index contributed by atoms with van der Waals surface area (Å²) < 4.78 is 22.1. The fraction of sp³-hybridized carbons (Fsp3) is 1.00. The Morgan fingerprint density at radius 3 is 2.33 bits per heavy atom. The lowest BCUT2D eigenvalue weighted by atomic mass is 10.5. The van der Waals surface area contributed by atoms with E-state index in [-0.39, 0.29) is 11.5 Å². The summed E-state index contributed by atoms with van der Waals surface area (Å²) in [5.74, 6) is 0.462. The lowest BCUT2D eigenvalue weighted by Crippen LogP contribution is -2.30. The van der Waals surface area contributed by atoms with Crippen molar-refractivity contribution in [2.45, 2.75) is 6.92 Å². The Morgan fingerprint density at radius 2 is 1.92 bits per heavy atom. The van der Waals surface area contributed by atoms with Crippen LogP contribution in [0.2, 0.25) is 0 Å². The average molecular weight is 194 g/mol. The molecule has 0 aromatic heterocycles. The van der Waals surface area contributed by atoms with E-state index in [1.807, 2.05) is 11.9 Å². The summed E-state index contributed by atoms with van der Waals surface area (Å²) >= 11 is 0. The van der Waals surface area contributed by atoms with Crippen LogP contribution < -0.4 is 5.73 Å². The third-order valence-electron chi connectivity index (χ3n) is 1.73. The standard InChI is InChI=1S/C7H18N2O2S/c1-3-12(10,11)7-6-9(2)5-4-8/h3-8H2,1-2H3. The lowest BCUT2D eigenvalue weighted by Gasteiger charge is -2.14. The smallest absolute Gasteiger partial charge is 0.151 e. The van der Waals surface area contributed by atoms with Crippen molar-refractivity contribution in [3.8, 4) is 0 Å². The highest BCUT2D eigenvalue weighted by Gasteiger charge is 2.08. The Hall–Kier alpha value is -0.130. The maximum absolute atomic E-state index is 11.1. The van der Waals surface area contributed by atoms with Gasteiger partial charge >= 0.3 is 0 Å². The minimum Gasteiger partial charge on any atom is -0.329 e. The fourth-order valence-electron chi connectivity index (χ4n) is 0.771. The summed E-state index contributed by atoms with van der Waals surface area (Å²) in [5.41, 5.74) is 5.31. The summed E-state index contributed by atoms with van der Waals surface area (Å²) in [6, 6.07) is 0. The average Bonchev–Trinajstić information content (AvgIpc) is 2.02. The minimum absolute atomic E-state index is 0.226. The van der Waals surface area contributed by atoms with Crippen molar-refractivity contribution in [1.29, 1.82) is 0 Å². The van der Waals surface area contributed by atoms with Gasteiger partial charge in [-0.3, -0.25) is 0 Å². The molecule has 0 aliphatic carbocycles. The summed E-state index contributed by atoms with van der Waals surface area (Å²) in [6.45, 7) is 3.56. The van der Waals surface area contributed by atoms with Crippen molar-refractivity contribution in [3.63, 3.8) is 0 Å². The van der Waals surface area contributed by atoms with E-state index in [1.165, 1.54) is 0 Å². The first kappa shape index (κ1) is 11.9. The Labute approximate surface area is 74.7 Å². The molecule has 0 heterocycles. The molecule has 0 rings (SSSR count). The second-order valence-corrected chi connectivity index (χ2v) is 5.30. The van der Waals surface area contributed by atoms with Crippen LogP contribution in [-0.2, 0) is 9.84 Å². The van der Waals surface area contributed by atoms with Crippen molar-refractivity contribution in [2.75, 3.05) is 38.2 Å². The molecule has 4 nitrogen and oxygen atoms in total. The highest BCUT2D eigenvalue weighted by molar-refractivity contribution is 7.91. The third-order valence-corrected chi connectivity index (χ3v) is 3.42. The molecule has 0 aliphatic rings. The van der Waals surface area contributed by atoms with E-state index in [1.54, 1.807) is 6.92 Å². The Kier molecular flexibility index (Phi) is 5.44. The molecule has 0 fully saturated rings. The third kappa shape index (κ3) is 5.51. The predicted molar refractivity (Wildman–Crippen MR) is 50.9 cm³/mol. The van der Waals surface area contributed by atoms with Crippen LogP contribution in [0.4, 0.5) is 0 Å². The molecule has 0 amide bonds. The second-order valence-electron chi connectivity index (χ2n) is 2.83. The molecule has 5 heteroatoms. The van der Waals surface area contributed by atoms with E-state index in [0.717, 1.165) is 6.54 Å². The number of hydrogen-bond donors (Lipinski definition) is 1. The molecule has 2 N–H and O–H groups in total. The van der Waals surface area contributed by atoms with E-state index in [2.05, 4.69) is 0 Å². The molecule has 74 valence electrons. The van der Waals surface area contributed by atoms with E-state index >= 15 is 0 Å². The highest BCUT2D eigenvalue weighted by atomic mass is 32.2. The van der Waals surface area contributed by atoms with Crippen molar-refractivity contribution in [1.82, 2.24) is 4.90 Å². The zero-order valence-electron chi connectivity index (χ0n) is 7.78. The van der Waals surface area contributed by atoms with Gasteiger partial charge in [-0.2, -0.15) is 0 Å². The quantitative estimate of drug-likeness (QED) is 0.608. The molecule has 0 aliphatic heterocycles. The van der Waals surface area contributed by atoms with Gasteiger partial charge in [0.15, 0.2) is 9.84 Å². The van der Waals surface area contributed by atoms with Gasteiger partial charge in [0.25, 0.3) is 0 Å². The van der Waals surface area contributed by atoms with Gasteiger partial charge in [-0.05, 0) is 7.05 Å². The van der Waals surface area contributed by atoms with Gasteiger partial charge in [0.05, 0.1) is 5.75 Å². The molecule has 0 atom stereocenters. The molecule has 0 radical (unpaired) electrons. The molecule has 0 saturated carbocycles. The molecule has 0 bridgehead atoms. The number of rotatable bonds is 6. The molecule has 12 heavy (non-hydrogen) atoms. The van der Waals surface area contributed by atoms with Gasteiger partial charge in [0.1, 0.15) is 0 Å². The van der Waals surface area contributed by atoms with E-state index in [9.17, 15) is 8.42 Å². The SMILES string of the molecule is CCS(=O)(=O)CCN(C)CCN. The molecule has 0 unspecified atom stereocenters.